The standard InChI is InChI=1S/C18H23N3O3S2/c1-5-8-19-14(22)11-25-18-20-16-15(12(3)13(4)26-16)17(23)21(18)9-7-10-24-6-2/h1H,6-11H2,2-4H3,(H,19,22). The number of rotatable bonds is 9. The van der Waals surface area contributed by atoms with Gasteiger partial charge < -0.3 is 10.1 Å². The maximum Gasteiger partial charge on any atom is 0.263 e. The van der Waals surface area contributed by atoms with Crippen LogP contribution in [0.3, 0.4) is 0 Å². The van der Waals surface area contributed by atoms with Crippen LogP contribution in [0.1, 0.15) is 23.8 Å². The molecule has 1 N–H and O–H groups in total. The Morgan fingerprint density at radius 3 is 2.92 bits per heavy atom. The van der Waals surface area contributed by atoms with Gasteiger partial charge in [0.05, 0.1) is 17.7 Å². The van der Waals surface area contributed by atoms with E-state index < -0.39 is 0 Å². The number of hydrogen-bond donors (Lipinski definition) is 1. The molecule has 6 nitrogen and oxygen atoms in total. The van der Waals surface area contributed by atoms with E-state index in [1.807, 2.05) is 20.8 Å². The molecule has 140 valence electrons. The van der Waals surface area contributed by atoms with Crippen LogP contribution in [0.15, 0.2) is 9.95 Å². The molecule has 2 heterocycles. The Kier molecular flexibility index (Phi) is 7.69. The Morgan fingerprint density at radius 2 is 2.23 bits per heavy atom. The molecule has 1 amide bonds. The molecular weight excluding hydrogens is 370 g/mol. The number of ether oxygens (including phenoxy) is 1. The number of carbonyl (C=O) groups excluding carboxylic acids is 1. The molecule has 8 heteroatoms. The second-order valence-corrected chi connectivity index (χ2v) is 7.78. The molecule has 0 aliphatic rings. The Balaban J connectivity index is 2.31. The van der Waals surface area contributed by atoms with Gasteiger partial charge >= 0.3 is 0 Å². The van der Waals surface area contributed by atoms with Gasteiger partial charge in [-0.3, -0.25) is 14.2 Å². The van der Waals surface area contributed by atoms with Gasteiger partial charge in [-0.2, -0.15) is 0 Å². The zero-order valence-electron chi connectivity index (χ0n) is 15.3. The van der Waals surface area contributed by atoms with Crippen molar-refractivity contribution in [2.24, 2.45) is 0 Å². The molecule has 0 radical (unpaired) electrons. The average Bonchev–Trinajstić information content (AvgIpc) is 2.91. The molecule has 26 heavy (non-hydrogen) atoms. The number of amides is 1. The lowest BCUT2D eigenvalue weighted by atomic mass is 10.2. The minimum Gasteiger partial charge on any atom is -0.382 e. The van der Waals surface area contributed by atoms with Crippen molar-refractivity contribution >= 4 is 39.2 Å². The molecule has 0 bridgehead atoms. The molecule has 2 aromatic rings. The number of aryl methyl sites for hydroxylation is 2. The first kappa shape index (κ1) is 20.5. The molecule has 2 rings (SSSR count). The van der Waals surface area contributed by atoms with Gasteiger partial charge in [-0.15, -0.1) is 17.8 Å². The number of thioether (sulfide) groups is 1. The molecule has 0 aliphatic carbocycles. The van der Waals surface area contributed by atoms with Crippen molar-refractivity contribution < 1.29 is 9.53 Å². The van der Waals surface area contributed by atoms with Crippen LogP contribution in [-0.2, 0) is 16.1 Å². The highest BCUT2D eigenvalue weighted by molar-refractivity contribution is 7.99. The Bertz CT molecular complexity index is 880. The molecule has 0 aliphatic heterocycles. The third kappa shape index (κ3) is 4.87. The van der Waals surface area contributed by atoms with E-state index in [0.29, 0.717) is 36.7 Å². The van der Waals surface area contributed by atoms with Gasteiger partial charge in [-0.1, -0.05) is 17.7 Å². The second-order valence-electron chi connectivity index (χ2n) is 5.63. The van der Waals surface area contributed by atoms with E-state index in [9.17, 15) is 9.59 Å². The van der Waals surface area contributed by atoms with E-state index in [1.54, 1.807) is 4.57 Å². The number of hydrogen-bond acceptors (Lipinski definition) is 6. The zero-order valence-corrected chi connectivity index (χ0v) is 16.9. The summed E-state index contributed by atoms with van der Waals surface area (Å²) < 4.78 is 7.02. The summed E-state index contributed by atoms with van der Waals surface area (Å²) in [6.45, 7) is 7.79. The van der Waals surface area contributed by atoms with Gasteiger partial charge in [-0.05, 0) is 32.8 Å². The number of nitrogens with one attached hydrogen (secondary N) is 1. The lowest BCUT2D eigenvalue weighted by Crippen LogP contribution is -2.27. The Hall–Kier alpha value is -1.82. The Morgan fingerprint density at radius 1 is 1.46 bits per heavy atom. The predicted octanol–water partition coefficient (Wildman–Crippen LogP) is 2.34. The maximum absolute atomic E-state index is 13.0. The minimum absolute atomic E-state index is 0.0557. The molecule has 0 spiro atoms. The lowest BCUT2D eigenvalue weighted by Gasteiger charge is -2.12. The second kappa shape index (κ2) is 9.76. The van der Waals surface area contributed by atoms with Crippen molar-refractivity contribution in [1.29, 1.82) is 0 Å². The molecule has 0 atom stereocenters. The highest BCUT2D eigenvalue weighted by Crippen LogP contribution is 2.28. The lowest BCUT2D eigenvalue weighted by molar-refractivity contribution is -0.118. The first-order valence-electron chi connectivity index (χ1n) is 8.40. The van der Waals surface area contributed by atoms with Crippen molar-refractivity contribution in [2.75, 3.05) is 25.5 Å². The SMILES string of the molecule is C#CCNC(=O)CSc1nc2sc(C)c(C)c2c(=O)n1CCCOCC. The number of aromatic nitrogens is 2. The number of thiophene rings is 1. The molecule has 0 aromatic carbocycles. The monoisotopic (exact) mass is 393 g/mol. The molecular formula is C18H23N3O3S2. The van der Waals surface area contributed by atoms with Gasteiger partial charge in [0.15, 0.2) is 5.16 Å². The smallest absolute Gasteiger partial charge is 0.263 e. The van der Waals surface area contributed by atoms with E-state index >= 15 is 0 Å². The number of nitrogens with zero attached hydrogens (tertiary/aromatic N) is 2. The van der Waals surface area contributed by atoms with Crippen molar-refractivity contribution in [3.8, 4) is 12.3 Å². The first-order valence-corrected chi connectivity index (χ1v) is 10.2. The van der Waals surface area contributed by atoms with Gasteiger partial charge in [0.25, 0.3) is 5.56 Å². The quantitative estimate of drug-likeness (QED) is 0.306. The van der Waals surface area contributed by atoms with Crippen LogP contribution >= 0.6 is 23.1 Å². The van der Waals surface area contributed by atoms with Crippen LogP contribution in [0.4, 0.5) is 0 Å². The fraction of sp³-hybridized carbons (Fsp3) is 0.500. The fourth-order valence-electron chi connectivity index (χ4n) is 2.42. The van der Waals surface area contributed by atoms with E-state index in [4.69, 9.17) is 11.2 Å². The number of terminal acetylenes is 1. The third-order valence-corrected chi connectivity index (χ3v) is 5.93. The summed E-state index contributed by atoms with van der Waals surface area (Å²) >= 11 is 2.76. The molecule has 0 unspecified atom stereocenters. The van der Waals surface area contributed by atoms with Gasteiger partial charge in [0.1, 0.15) is 4.83 Å². The van der Waals surface area contributed by atoms with Crippen LogP contribution in [-0.4, -0.2) is 41.0 Å². The van der Waals surface area contributed by atoms with Gasteiger partial charge in [0.2, 0.25) is 5.91 Å². The third-order valence-electron chi connectivity index (χ3n) is 3.85. The van der Waals surface area contributed by atoms with Gasteiger partial charge in [-0.25, -0.2) is 4.98 Å². The van der Waals surface area contributed by atoms with E-state index in [1.165, 1.54) is 23.1 Å². The summed E-state index contributed by atoms with van der Waals surface area (Å²) in [5.74, 6) is 2.35. The molecule has 2 aromatic heterocycles. The minimum atomic E-state index is -0.179. The van der Waals surface area contributed by atoms with Crippen LogP contribution in [0, 0.1) is 26.2 Å². The van der Waals surface area contributed by atoms with Crippen LogP contribution < -0.4 is 10.9 Å². The topological polar surface area (TPSA) is 73.2 Å². The molecule has 0 saturated heterocycles. The van der Waals surface area contributed by atoms with Gasteiger partial charge in [0, 0.05) is 24.6 Å². The summed E-state index contributed by atoms with van der Waals surface area (Å²) in [6, 6.07) is 0. The highest BCUT2D eigenvalue weighted by atomic mass is 32.2. The van der Waals surface area contributed by atoms with E-state index in [-0.39, 0.29) is 23.8 Å². The average molecular weight is 394 g/mol. The van der Waals surface area contributed by atoms with Crippen LogP contribution in [0.2, 0.25) is 0 Å². The van der Waals surface area contributed by atoms with Crippen molar-refractivity contribution in [2.45, 2.75) is 38.9 Å². The van der Waals surface area contributed by atoms with Crippen molar-refractivity contribution in [1.82, 2.24) is 14.9 Å². The maximum atomic E-state index is 13.0. The van der Waals surface area contributed by atoms with Crippen molar-refractivity contribution in [3.63, 3.8) is 0 Å². The molecule has 0 fully saturated rings. The normalized spacial score (nSPS) is 10.8. The van der Waals surface area contributed by atoms with Crippen LogP contribution in [0.25, 0.3) is 10.2 Å². The zero-order chi connectivity index (χ0) is 19.1. The summed E-state index contributed by atoms with van der Waals surface area (Å²) in [7, 11) is 0. The number of carbonyl (C=O) groups is 1. The predicted molar refractivity (Wildman–Crippen MR) is 107 cm³/mol. The van der Waals surface area contributed by atoms with E-state index in [0.717, 1.165) is 15.3 Å². The first-order chi connectivity index (χ1) is 12.5. The Labute approximate surface area is 161 Å². The summed E-state index contributed by atoms with van der Waals surface area (Å²) in [4.78, 5) is 31.3. The largest absolute Gasteiger partial charge is 0.382 e. The van der Waals surface area contributed by atoms with E-state index in [2.05, 4.69) is 16.2 Å². The highest BCUT2D eigenvalue weighted by Gasteiger charge is 2.17. The summed E-state index contributed by atoms with van der Waals surface area (Å²) in [5, 5.41) is 3.84. The van der Waals surface area contributed by atoms with Crippen molar-refractivity contribution in [3.05, 3.63) is 20.8 Å². The number of fused-ring (bicyclic) bond motifs is 1. The summed E-state index contributed by atoms with van der Waals surface area (Å²) in [6.07, 6.45) is 5.85. The fourth-order valence-corrected chi connectivity index (χ4v) is 4.34. The summed E-state index contributed by atoms with van der Waals surface area (Å²) in [5.41, 5.74) is 0.921. The molecule has 0 saturated carbocycles. The van der Waals surface area contributed by atoms with Crippen LogP contribution in [0.5, 0.6) is 0 Å².